The van der Waals surface area contributed by atoms with Crippen molar-refractivity contribution in [3.63, 3.8) is 0 Å². The monoisotopic (exact) mass is 268 g/mol. The molecule has 19 heavy (non-hydrogen) atoms. The van der Waals surface area contributed by atoms with Gasteiger partial charge in [0.25, 0.3) is 0 Å². The molecule has 0 aromatic heterocycles. The van der Waals surface area contributed by atoms with Crippen molar-refractivity contribution < 1.29 is 9.53 Å². The lowest BCUT2D eigenvalue weighted by molar-refractivity contribution is -0.0308. The van der Waals surface area contributed by atoms with Gasteiger partial charge in [0.2, 0.25) is 0 Å². The van der Waals surface area contributed by atoms with Gasteiger partial charge in [0.1, 0.15) is 5.60 Å². The maximum absolute atomic E-state index is 12.1. The molecule has 0 atom stereocenters. The van der Waals surface area contributed by atoms with Crippen molar-refractivity contribution >= 4 is 6.09 Å². The van der Waals surface area contributed by atoms with Crippen molar-refractivity contribution in [2.75, 3.05) is 26.2 Å². The maximum Gasteiger partial charge on any atom is 0.410 e. The third-order valence-corrected chi connectivity index (χ3v) is 4.53. The zero-order valence-electron chi connectivity index (χ0n) is 12.9. The van der Waals surface area contributed by atoms with Crippen LogP contribution in [0.2, 0.25) is 0 Å². The standard InChI is InChI=1S/C15H28N2O2/c1-5-15(17-9-6-10-17)7-11-16(12-8-15)13(18)19-14(2,3)4/h5-12H2,1-4H3. The predicted octanol–water partition coefficient (Wildman–Crippen LogP) is 2.87. The van der Waals surface area contributed by atoms with Crippen LogP contribution in [0.15, 0.2) is 0 Å². The number of amides is 1. The van der Waals surface area contributed by atoms with E-state index in [1.165, 1.54) is 25.9 Å². The number of likely N-dealkylation sites (tertiary alicyclic amines) is 2. The van der Waals surface area contributed by atoms with E-state index in [0.717, 1.165) is 25.9 Å². The Morgan fingerprint density at radius 2 is 1.74 bits per heavy atom. The highest BCUT2D eigenvalue weighted by molar-refractivity contribution is 5.68. The number of piperidine rings is 1. The summed E-state index contributed by atoms with van der Waals surface area (Å²) in [4.78, 5) is 16.5. The number of carbonyl (C=O) groups excluding carboxylic acids is 1. The molecular weight excluding hydrogens is 240 g/mol. The van der Waals surface area contributed by atoms with Gasteiger partial charge in [-0.15, -0.1) is 0 Å². The third kappa shape index (κ3) is 3.22. The van der Waals surface area contributed by atoms with Gasteiger partial charge in [0.15, 0.2) is 0 Å². The number of nitrogens with zero attached hydrogens (tertiary/aromatic N) is 2. The smallest absolute Gasteiger partial charge is 0.410 e. The van der Waals surface area contributed by atoms with Crippen molar-refractivity contribution in [3.8, 4) is 0 Å². The molecule has 0 bridgehead atoms. The minimum atomic E-state index is -0.395. The van der Waals surface area contributed by atoms with Crippen molar-refractivity contribution in [3.05, 3.63) is 0 Å². The summed E-state index contributed by atoms with van der Waals surface area (Å²) in [5.74, 6) is 0. The summed E-state index contributed by atoms with van der Waals surface area (Å²) in [5.41, 5.74) is -0.0510. The Morgan fingerprint density at radius 1 is 1.16 bits per heavy atom. The van der Waals surface area contributed by atoms with E-state index in [2.05, 4.69) is 11.8 Å². The highest BCUT2D eigenvalue weighted by Crippen LogP contribution is 2.35. The Kier molecular flexibility index (Phi) is 4.09. The Balaban J connectivity index is 1.89. The molecule has 2 saturated heterocycles. The van der Waals surface area contributed by atoms with Crippen LogP contribution in [0.3, 0.4) is 0 Å². The summed E-state index contributed by atoms with van der Waals surface area (Å²) in [7, 11) is 0. The third-order valence-electron chi connectivity index (χ3n) is 4.53. The molecule has 0 unspecified atom stereocenters. The molecule has 2 rings (SSSR count). The highest BCUT2D eigenvalue weighted by atomic mass is 16.6. The van der Waals surface area contributed by atoms with Gasteiger partial charge in [-0.25, -0.2) is 4.79 Å². The summed E-state index contributed by atoms with van der Waals surface area (Å²) in [6, 6.07) is 0. The molecule has 2 aliphatic rings. The van der Waals surface area contributed by atoms with Crippen LogP contribution in [-0.2, 0) is 4.74 Å². The van der Waals surface area contributed by atoms with Crippen molar-refractivity contribution in [2.24, 2.45) is 0 Å². The molecule has 4 heteroatoms. The molecule has 110 valence electrons. The molecule has 0 radical (unpaired) electrons. The van der Waals surface area contributed by atoms with Gasteiger partial charge in [0.05, 0.1) is 0 Å². The Morgan fingerprint density at radius 3 is 2.11 bits per heavy atom. The average Bonchev–Trinajstić information content (AvgIpc) is 2.25. The van der Waals surface area contributed by atoms with Gasteiger partial charge in [0, 0.05) is 18.6 Å². The SMILES string of the molecule is CCC1(N2CCC2)CCN(C(=O)OC(C)(C)C)CC1. The number of carbonyl (C=O) groups is 1. The fourth-order valence-electron chi connectivity index (χ4n) is 3.12. The molecular formula is C15H28N2O2. The van der Waals surface area contributed by atoms with E-state index in [4.69, 9.17) is 4.74 Å². The lowest BCUT2D eigenvalue weighted by Crippen LogP contribution is -2.60. The first-order valence-corrected chi connectivity index (χ1v) is 7.59. The number of rotatable bonds is 2. The van der Waals surface area contributed by atoms with Gasteiger partial charge in [-0.05, 0) is 59.5 Å². The normalized spacial score (nSPS) is 23.9. The molecule has 1 amide bonds. The van der Waals surface area contributed by atoms with Crippen LogP contribution in [0.4, 0.5) is 4.79 Å². The zero-order valence-corrected chi connectivity index (χ0v) is 12.9. The van der Waals surface area contributed by atoms with E-state index in [-0.39, 0.29) is 6.09 Å². The average molecular weight is 268 g/mol. The second kappa shape index (κ2) is 5.31. The second-order valence-electron chi connectivity index (χ2n) is 6.89. The van der Waals surface area contributed by atoms with Crippen molar-refractivity contribution in [1.82, 2.24) is 9.80 Å². The lowest BCUT2D eigenvalue weighted by Gasteiger charge is -2.52. The molecule has 0 aromatic carbocycles. The van der Waals surface area contributed by atoms with Crippen LogP contribution < -0.4 is 0 Å². The van der Waals surface area contributed by atoms with Crippen LogP contribution >= 0.6 is 0 Å². The van der Waals surface area contributed by atoms with E-state index in [0.29, 0.717) is 5.54 Å². The van der Waals surface area contributed by atoms with Crippen LogP contribution in [-0.4, -0.2) is 53.2 Å². The van der Waals surface area contributed by atoms with Gasteiger partial charge in [-0.2, -0.15) is 0 Å². The van der Waals surface area contributed by atoms with E-state index in [1.807, 2.05) is 25.7 Å². The minimum absolute atomic E-state index is 0.152. The molecule has 0 spiro atoms. The summed E-state index contributed by atoms with van der Waals surface area (Å²) < 4.78 is 5.45. The van der Waals surface area contributed by atoms with E-state index < -0.39 is 5.60 Å². The van der Waals surface area contributed by atoms with Gasteiger partial charge >= 0.3 is 6.09 Å². The molecule has 0 N–H and O–H groups in total. The number of ether oxygens (including phenoxy) is 1. The fraction of sp³-hybridized carbons (Fsp3) is 0.933. The van der Waals surface area contributed by atoms with Gasteiger partial charge in [-0.1, -0.05) is 6.92 Å². The zero-order chi connectivity index (χ0) is 14.1. The molecule has 0 aromatic rings. The highest BCUT2D eigenvalue weighted by Gasteiger charge is 2.41. The molecule has 2 aliphatic heterocycles. The van der Waals surface area contributed by atoms with Gasteiger partial charge < -0.3 is 9.64 Å². The quantitative estimate of drug-likeness (QED) is 0.772. The van der Waals surface area contributed by atoms with Crippen molar-refractivity contribution in [2.45, 2.75) is 64.5 Å². The lowest BCUT2D eigenvalue weighted by atomic mass is 9.81. The summed E-state index contributed by atoms with van der Waals surface area (Å²) >= 11 is 0. The number of hydrogen-bond acceptors (Lipinski definition) is 3. The summed E-state index contributed by atoms with van der Waals surface area (Å²) in [6.07, 6.45) is 4.54. The van der Waals surface area contributed by atoms with Crippen LogP contribution in [0, 0.1) is 0 Å². The Labute approximate surface area is 117 Å². The predicted molar refractivity (Wildman–Crippen MR) is 76.3 cm³/mol. The molecule has 2 fully saturated rings. The van der Waals surface area contributed by atoms with Crippen molar-refractivity contribution in [1.29, 1.82) is 0 Å². The second-order valence-corrected chi connectivity index (χ2v) is 6.89. The first-order chi connectivity index (χ1) is 8.86. The maximum atomic E-state index is 12.1. The van der Waals surface area contributed by atoms with E-state index in [1.54, 1.807) is 0 Å². The Hall–Kier alpha value is -0.770. The van der Waals surface area contributed by atoms with Crippen LogP contribution in [0.25, 0.3) is 0 Å². The number of hydrogen-bond donors (Lipinski definition) is 0. The summed E-state index contributed by atoms with van der Waals surface area (Å²) in [5, 5.41) is 0. The van der Waals surface area contributed by atoms with E-state index >= 15 is 0 Å². The topological polar surface area (TPSA) is 32.8 Å². The largest absolute Gasteiger partial charge is 0.444 e. The van der Waals surface area contributed by atoms with Crippen LogP contribution in [0.5, 0.6) is 0 Å². The van der Waals surface area contributed by atoms with E-state index in [9.17, 15) is 4.79 Å². The first-order valence-electron chi connectivity index (χ1n) is 7.59. The molecule has 0 saturated carbocycles. The fourth-order valence-corrected chi connectivity index (χ4v) is 3.12. The Bertz CT molecular complexity index is 324. The molecule has 4 nitrogen and oxygen atoms in total. The van der Waals surface area contributed by atoms with Crippen LogP contribution in [0.1, 0.15) is 53.4 Å². The first kappa shape index (κ1) is 14.6. The van der Waals surface area contributed by atoms with Gasteiger partial charge in [-0.3, -0.25) is 4.90 Å². The summed E-state index contributed by atoms with van der Waals surface area (Å²) in [6.45, 7) is 12.2. The molecule has 0 aliphatic carbocycles. The molecule has 2 heterocycles. The minimum Gasteiger partial charge on any atom is -0.444 e.